The van der Waals surface area contributed by atoms with Crippen molar-refractivity contribution in [1.82, 2.24) is 9.55 Å². The van der Waals surface area contributed by atoms with Crippen molar-refractivity contribution in [2.24, 2.45) is 5.73 Å². The van der Waals surface area contributed by atoms with Gasteiger partial charge in [0, 0.05) is 18.8 Å². The predicted molar refractivity (Wildman–Crippen MR) is 45.9 cm³/mol. The summed E-state index contributed by atoms with van der Waals surface area (Å²) in [5, 5.41) is 0. The third-order valence-electron chi connectivity index (χ3n) is 1.66. The van der Waals surface area contributed by atoms with Crippen molar-refractivity contribution in [2.75, 3.05) is 0 Å². The van der Waals surface area contributed by atoms with Gasteiger partial charge in [-0.3, -0.25) is 9.36 Å². The number of hydrogen-bond donors (Lipinski definition) is 1. The molecule has 0 saturated heterocycles. The van der Waals surface area contributed by atoms with Crippen molar-refractivity contribution in [2.45, 2.75) is 26.3 Å². The molecule has 1 aromatic rings. The Labute approximate surface area is 71.4 Å². The smallest absolute Gasteiger partial charge is 0.248 e. The summed E-state index contributed by atoms with van der Waals surface area (Å²) in [7, 11) is 0. The van der Waals surface area contributed by atoms with Crippen LogP contribution < -0.4 is 5.73 Å². The van der Waals surface area contributed by atoms with Crippen LogP contribution in [0.3, 0.4) is 0 Å². The minimum atomic E-state index is -0.468. The highest BCUT2D eigenvalue weighted by atomic mass is 16.2. The van der Waals surface area contributed by atoms with Crippen molar-refractivity contribution >= 4 is 5.91 Å². The van der Waals surface area contributed by atoms with E-state index >= 15 is 0 Å². The van der Waals surface area contributed by atoms with Crippen molar-refractivity contribution < 1.29 is 4.79 Å². The summed E-state index contributed by atoms with van der Waals surface area (Å²) in [6.07, 6.45) is 4.00. The van der Waals surface area contributed by atoms with Crippen LogP contribution in [0, 0.1) is 0 Å². The molecule has 0 fully saturated rings. The van der Waals surface area contributed by atoms with Gasteiger partial charge in [0.1, 0.15) is 5.82 Å². The van der Waals surface area contributed by atoms with Crippen LogP contribution in [-0.2, 0) is 6.42 Å². The third kappa shape index (κ3) is 1.53. The molecule has 1 aromatic heterocycles. The summed E-state index contributed by atoms with van der Waals surface area (Å²) >= 11 is 0. The van der Waals surface area contributed by atoms with E-state index in [1.165, 1.54) is 4.57 Å². The summed E-state index contributed by atoms with van der Waals surface area (Å²) in [6, 6.07) is -0.468. The number of nitrogens with two attached hydrogens (primary N) is 1. The molecule has 1 atom stereocenters. The first kappa shape index (κ1) is 8.93. The fourth-order valence-electron chi connectivity index (χ4n) is 1.02. The lowest BCUT2D eigenvalue weighted by atomic mass is 10.3. The molecule has 0 aliphatic carbocycles. The molecule has 0 aliphatic rings. The maximum Gasteiger partial charge on any atom is 0.248 e. The molecule has 1 rings (SSSR count). The fourth-order valence-corrected chi connectivity index (χ4v) is 1.02. The molecule has 4 nitrogen and oxygen atoms in total. The lowest BCUT2D eigenvalue weighted by Crippen LogP contribution is -2.32. The lowest BCUT2D eigenvalue weighted by molar-refractivity contribution is 0.0883. The van der Waals surface area contributed by atoms with Gasteiger partial charge in [0.05, 0.1) is 6.04 Å². The maximum absolute atomic E-state index is 11.4. The number of aryl methyl sites for hydroxylation is 1. The summed E-state index contributed by atoms with van der Waals surface area (Å²) < 4.78 is 1.50. The normalized spacial score (nSPS) is 12.9. The Morgan fingerprint density at radius 3 is 3.00 bits per heavy atom. The number of aromatic nitrogens is 2. The monoisotopic (exact) mass is 167 g/mol. The van der Waals surface area contributed by atoms with Gasteiger partial charge >= 0.3 is 0 Å². The van der Waals surface area contributed by atoms with Crippen LogP contribution in [0.15, 0.2) is 12.4 Å². The number of hydrogen-bond acceptors (Lipinski definition) is 3. The molecule has 0 radical (unpaired) electrons. The molecule has 0 aromatic carbocycles. The van der Waals surface area contributed by atoms with Crippen LogP contribution in [0.5, 0.6) is 0 Å². The molecule has 0 spiro atoms. The third-order valence-corrected chi connectivity index (χ3v) is 1.66. The number of carbonyl (C=O) groups is 1. The van der Waals surface area contributed by atoms with E-state index in [1.807, 2.05) is 6.92 Å². The minimum Gasteiger partial charge on any atom is -0.320 e. The number of imidazole rings is 1. The van der Waals surface area contributed by atoms with Crippen molar-refractivity contribution in [3.05, 3.63) is 18.2 Å². The second-order valence-corrected chi connectivity index (χ2v) is 2.69. The second kappa shape index (κ2) is 3.49. The Hall–Kier alpha value is -1.16. The van der Waals surface area contributed by atoms with Crippen LogP contribution >= 0.6 is 0 Å². The Morgan fingerprint density at radius 1 is 1.83 bits per heavy atom. The zero-order valence-electron chi connectivity index (χ0n) is 7.32. The lowest BCUT2D eigenvalue weighted by Gasteiger charge is -2.06. The summed E-state index contributed by atoms with van der Waals surface area (Å²) in [4.78, 5) is 15.4. The van der Waals surface area contributed by atoms with Crippen LogP contribution in [0.25, 0.3) is 0 Å². The van der Waals surface area contributed by atoms with E-state index in [2.05, 4.69) is 4.98 Å². The maximum atomic E-state index is 11.4. The zero-order chi connectivity index (χ0) is 9.14. The molecule has 66 valence electrons. The molecule has 1 unspecified atom stereocenters. The molecule has 0 aliphatic heterocycles. The van der Waals surface area contributed by atoms with Gasteiger partial charge in [0.15, 0.2) is 0 Å². The molecular weight excluding hydrogens is 154 g/mol. The highest BCUT2D eigenvalue weighted by molar-refractivity contribution is 5.84. The standard InChI is InChI=1S/C8H13N3O/c1-3-7-10-4-5-11(7)8(12)6(2)9/h4-6H,3,9H2,1-2H3. The van der Waals surface area contributed by atoms with Crippen molar-refractivity contribution in [1.29, 1.82) is 0 Å². The van der Waals surface area contributed by atoms with Gasteiger partial charge in [0.25, 0.3) is 0 Å². The number of nitrogens with zero attached hydrogens (tertiary/aromatic N) is 2. The molecule has 0 bridgehead atoms. The molecule has 1 heterocycles. The van der Waals surface area contributed by atoms with Crippen LogP contribution in [0.2, 0.25) is 0 Å². The van der Waals surface area contributed by atoms with E-state index in [0.717, 1.165) is 12.2 Å². The molecule has 0 amide bonds. The van der Waals surface area contributed by atoms with Gasteiger partial charge in [-0.2, -0.15) is 0 Å². The van der Waals surface area contributed by atoms with Gasteiger partial charge in [-0.05, 0) is 6.92 Å². The number of rotatable bonds is 2. The predicted octanol–water partition coefficient (Wildman–Crippen LogP) is 0.433. The van der Waals surface area contributed by atoms with E-state index < -0.39 is 6.04 Å². The topological polar surface area (TPSA) is 60.9 Å². The Bertz CT molecular complexity index is 278. The SMILES string of the molecule is CCc1nccn1C(=O)C(C)N. The van der Waals surface area contributed by atoms with Gasteiger partial charge in [0.2, 0.25) is 5.91 Å². The second-order valence-electron chi connectivity index (χ2n) is 2.69. The first-order chi connectivity index (χ1) is 5.66. The number of carbonyl (C=O) groups excluding carboxylic acids is 1. The van der Waals surface area contributed by atoms with Crippen LogP contribution in [-0.4, -0.2) is 21.5 Å². The Balaban J connectivity index is 2.94. The first-order valence-corrected chi connectivity index (χ1v) is 3.98. The Kier molecular flexibility index (Phi) is 2.60. The largest absolute Gasteiger partial charge is 0.320 e. The van der Waals surface area contributed by atoms with E-state index in [4.69, 9.17) is 5.73 Å². The van der Waals surface area contributed by atoms with E-state index in [1.54, 1.807) is 19.3 Å². The summed E-state index contributed by atoms with van der Waals surface area (Å²) in [5.74, 6) is 0.654. The fraction of sp³-hybridized carbons (Fsp3) is 0.500. The average molecular weight is 167 g/mol. The first-order valence-electron chi connectivity index (χ1n) is 3.98. The molecule has 4 heteroatoms. The van der Waals surface area contributed by atoms with Gasteiger partial charge in [-0.25, -0.2) is 4.98 Å². The van der Waals surface area contributed by atoms with Crippen LogP contribution in [0.1, 0.15) is 24.5 Å². The Morgan fingerprint density at radius 2 is 2.50 bits per heavy atom. The van der Waals surface area contributed by atoms with Crippen LogP contribution in [0.4, 0.5) is 0 Å². The van der Waals surface area contributed by atoms with E-state index in [9.17, 15) is 4.79 Å². The minimum absolute atomic E-state index is 0.107. The summed E-state index contributed by atoms with van der Waals surface area (Å²) in [5.41, 5.74) is 5.45. The highest BCUT2D eigenvalue weighted by Gasteiger charge is 2.12. The molecule has 0 saturated carbocycles. The van der Waals surface area contributed by atoms with Gasteiger partial charge in [-0.1, -0.05) is 6.92 Å². The van der Waals surface area contributed by atoms with Gasteiger partial charge in [-0.15, -0.1) is 0 Å². The highest BCUT2D eigenvalue weighted by Crippen LogP contribution is 1.99. The average Bonchev–Trinajstić information content (AvgIpc) is 2.49. The quantitative estimate of drug-likeness (QED) is 0.695. The van der Waals surface area contributed by atoms with Gasteiger partial charge < -0.3 is 5.73 Å². The van der Waals surface area contributed by atoms with E-state index in [-0.39, 0.29) is 5.91 Å². The molecular formula is C8H13N3O. The van der Waals surface area contributed by atoms with E-state index in [0.29, 0.717) is 0 Å². The van der Waals surface area contributed by atoms with Crippen molar-refractivity contribution in [3.63, 3.8) is 0 Å². The van der Waals surface area contributed by atoms with Crippen molar-refractivity contribution in [3.8, 4) is 0 Å². The molecule has 12 heavy (non-hydrogen) atoms. The summed E-state index contributed by atoms with van der Waals surface area (Å²) in [6.45, 7) is 3.62. The molecule has 2 N–H and O–H groups in total. The zero-order valence-corrected chi connectivity index (χ0v) is 7.32.